The van der Waals surface area contributed by atoms with Crippen molar-refractivity contribution >= 4 is 0 Å². The van der Waals surface area contributed by atoms with E-state index in [-0.39, 0.29) is 0 Å². The molecule has 2 aromatic rings. The monoisotopic (exact) mass is 229 g/mol. The van der Waals surface area contributed by atoms with Crippen LogP contribution in [0.15, 0.2) is 35.1 Å². The largest absolute Gasteiger partial charge is 0.353 e. The summed E-state index contributed by atoms with van der Waals surface area (Å²) in [7, 11) is 0. The van der Waals surface area contributed by atoms with Gasteiger partial charge < -0.3 is 9.09 Å². The van der Waals surface area contributed by atoms with Gasteiger partial charge in [0, 0.05) is 18.5 Å². The molecule has 0 fully saturated rings. The van der Waals surface area contributed by atoms with Gasteiger partial charge >= 0.3 is 0 Å². The Hall–Kier alpha value is -1.84. The molecule has 1 aliphatic rings. The van der Waals surface area contributed by atoms with Gasteiger partial charge in [-0.05, 0) is 26.2 Å². The summed E-state index contributed by atoms with van der Waals surface area (Å²) in [5.41, 5.74) is 0.883. The molecule has 0 spiro atoms. The molecule has 3 rings (SSSR count). The zero-order valence-corrected chi connectivity index (χ0v) is 9.84. The molecule has 0 aromatic carbocycles. The molecule has 0 radical (unpaired) electrons. The molecular formula is C13H15N3O. The van der Waals surface area contributed by atoms with E-state index in [4.69, 9.17) is 4.52 Å². The highest BCUT2D eigenvalue weighted by atomic mass is 16.5. The number of nitrogens with zero attached hydrogens (tertiary/aromatic N) is 3. The lowest BCUT2D eigenvalue weighted by atomic mass is 10.0. The molecule has 1 unspecified atom stereocenters. The van der Waals surface area contributed by atoms with Crippen LogP contribution in [0.3, 0.4) is 0 Å². The molecule has 0 N–H and O–H groups in total. The van der Waals surface area contributed by atoms with Gasteiger partial charge in [0.1, 0.15) is 0 Å². The quantitative estimate of drug-likeness (QED) is 0.743. The minimum absolute atomic E-state index is 0.395. The Bertz CT molecular complexity index is 538. The fraction of sp³-hybridized carbons (Fsp3) is 0.385. The summed E-state index contributed by atoms with van der Waals surface area (Å²) in [5.74, 6) is 1.61. The van der Waals surface area contributed by atoms with Crippen molar-refractivity contribution in [1.82, 2.24) is 14.7 Å². The third kappa shape index (κ3) is 1.90. The van der Waals surface area contributed by atoms with Crippen LogP contribution in [0.2, 0.25) is 0 Å². The highest BCUT2D eigenvalue weighted by Gasteiger charge is 2.17. The zero-order chi connectivity index (χ0) is 11.7. The fourth-order valence-electron chi connectivity index (χ4n) is 2.27. The number of hydrogen-bond donors (Lipinski definition) is 0. The molecule has 2 aromatic heterocycles. The second-order valence-electron chi connectivity index (χ2n) is 4.42. The smallest absolute Gasteiger partial charge is 0.202 e. The topological polar surface area (TPSA) is 43.9 Å². The van der Waals surface area contributed by atoms with Crippen LogP contribution in [-0.2, 0) is 0 Å². The summed E-state index contributed by atoms with van der Waals surface area (Å²) in [5, 5.41) is 3.91. The van der Waals surface area contributed by atoms with Crippen LogP contribution in [0.5, 0.6) is 0 Å². The standard InChI is InChI=1S/C13H15N3O/c1-10-9-12(17-15-10)13-14-7-8-16(13)11-5-3-2-4-6-11/h3,5,7-9,11H,2,4,6H2,1H3. The van der Waals surface area contributed by atoms with Gasteiger partial charge in [0.2, 0.25) is 5.76 Å². The van der Waals surface area contributed by atoms with Crippen molar-refractivity contribution in [2.45, 2.75) is 32.2 Å². The summed E-state index contributed by atoms with van der Waals surface area (Å²) >= 11 is 0. The molecule has 0 bridgehead atoms. The van der Waals surface area contributed by atoms with E-state index in [0.717, 1.165) is 23.7 Å². The number of rotatable bonds is 2. The molecule has 0 amide bonds. The molecule has 1 aliphatic carbocycles. The van der Waals surface area contributed by atoms with Gasteiger partial charge in [-0.15, -0.1) is 0 Å². The molecular weight excluding hydrogens is 214 g/mol. The van der Waals surface area contributed by atoms with Crippen molar-refractivity contribution in [2.75, 3.05) is 0 Å². The number of allylic oxidation sites excluding steroid dienone is 2. The predicted octanol–water partition coefficient (Wildman–Crippen LogP) is 3.13. The lowest BCUT2D eigenvalue weighted by Gasteiger charge is -2.19. The van der Waals surface area contributed by atoms with E-state index in [1.807, 2.05) is 25.4 Å². The van der Waals surface area contributed by atoms with Crippen molar-refractivity contribution < 1.29 is 4.52 Å². The van der Waals surface area contributed by atoms with Crippen molar-refractivity contribution in [3.05, 3.63) is 36.3 Å². The lowest BCUT2D eigenvalue weighted by molar-refractivity contribution is 0.419. The van der Waals surface area contributed by atoms with E-state index in [1.54, 1.807) is 0 Å². The van der Waals surface area contributed by atoms with E-state index in [1.165, 1.54) is 12.8 Å². The number of aromatic nitrogens is 3. The Morgan fingerprint density at radius 3 is 3.12 bits per heavy atom. The Labute approximate surface area is 100.0 Å². The van der Waals surface area contributed by atoms with Crippen LogP contribution in [0.4, 0.5) is 0 Å². The Kier molecular flexibility index (Phi) is 2.55. The summed E-state index contributed by atoms with van der Waals surface area (Å²) in [6.45, 7) is 1.92. The van der Waals surface area contributed by atoms with Crippen LogP contribution in [0.25, 0.3) is 11.6 Å². The molecule has 1 atom stereocenters. The van der Waals surface area contributed by atoms with E-state index in [0.29, 0.717) is 6.04 Å². The third-order valence-corrected chi connectivity index (χ3v) is 3.10. The highest BCUT2D eigenvalue weighted by molar-refractivity contribution is 5.47. The van der Waals surface area contributed by atoms with E-state index in [9.17, 15) is 0 Å². The van der Waals surface area contributed by atoms with Gasteiger partial charge in [-0.1, -0.05) is 17.3 Å². The third-order valence-electron chi connectivity index (χ3n) is 3.10. The van der Waals surface area contributed by atoms with Crippen LogP contribution in [0, 0.1) is 6.92 Å². The Morgan fingerprint density at radius 1 is 1.47 bits per heavy atom. The number of aryl methyl sites for hydroxylation is 1. The number of imidazole rings is 1. The summed E-state index contributed by atoms with van der Waals surface area (Å²) in [4.78, 5) is 4.37. The first kappa shape index (κ1) is 10.3. The molecule has 0 saturated heterocycles. The maximum absolute atomic E-state index is 5.28. The van der Waals surface area contributed by atoms with Crippen molar-refractivity contribution in [3.63, 3.8) is 0 Å². The predicted molar refractivity (Wildman–Crippen MR) is 64.5 cm³/mol. The highest BCUT2D eigenvalue weighted by Crippen LogP contribution is 2.27. The minimum atomic E-state index is 0.395. The first-order valence-electron chi connectivity index (χ1n) is 5.98. The van der Waals surface area contributed by atoms with Crippen LogP contribution in [-0.4, -0.2) is 14.7 Å². The van der Waals surface area contributed by atoms with Crippen molar-refractivity contribution in [3.8, 4) is 11.6 Å². The van der Waals surface area contributed by atoms with Crippen molar-refractivity contribution in [1.29, 1.82) is 0 Å². The van der Waals surface area contributed by atoms with E-state index in [2.05, 4.69) is 26.9 Å². The maximum Gasteiger partial charge on any atom is 0.202 e. The first-order valence-corrected chi connectivity index (χ1v) is 5.98. The molecule has 0 saturated carbocycles. The second kappa shape index (κ2) is 4.20. The second-order valence-corrected chi connectivity index (χ2v) is 4.42. The molecule has 4 heteroatoms. The summed E-state index contributed by atoms with van der Waals surface area (Å²) in [6, 6.07) is 2.32. The maximum atomic E-state index is 5.28. The molecule has 88 valence electrons. The zero-order valence-electron chi connectivity index (χ0n) is 9.84. The SMILES string of the molecule is Cc1cc(-c2nccn2C2C=CCCC2)on1. The first-order chi connectivity index (χ1) is 8.34. The van der Waals surface area contributed by atoms with Crippen LogP contribution >= 0.6 is 0 Å². The molecule has 4 nitrogen and oxygen atoms in total. The van der Waals surface area contributed by atoms with E-state index >= 15 is 0 Å². The average molecular weight is 229 g/mol. The van der Waals surface area contributed by atoms with Gasteiger partial charge in [0.15, 0.2) is 5.82 Å². The van der Waals surface area contributed by atoms with Gasteiger partial charge in [0.05, 0.1) is 11.7 Å². The Morgan fingerprint density at radius 2 is 2.41 bits per heavy atom. The van der Waals surface area contributed by atoms with Gasteiger partial charge in [0.25, 0.3) is 0 Å². The summed E-state index contributed by atoms with van der Waals surface area (Å²) < 4.78 is 7.45. The Balaban J connectivity index is 1.98. The minimum Gasteiger partial charge on any atom is -0.353 e. The molecule has 0 aliphatic heterocycles. The van der Waals surface area contributed by atoms with Crippen LogP contribution < -0.4 is 0 Å². The lowest BCUT2D eigenvalue weighted by Crippen LogP contribution is -2.09. The fourth-order valence-corrected chi connectivity index (χ4v) is 2.27. The van der Waals surface area contributed by atoms with E-state index < -0.39 is 0 Å². The van der Waals surface area contributed by atoms with Gasteiger partial charge in [-0.25, -0.2) is 4.98 Å². The van der Waals surface area contributed by atoms with Crippen molar-refractivity contribution in [2.24, 2.45) is 0 Å². The van der Waals surface area contributed by atoms with Gasteiger partial charge in [-0.3, -0.25) is 0 Å². The normalized spacial score (nSPS) is 19.7. The average Bonchev–Trinajstić information content (AvgIpc) is 2.98. The van der Waals surface area contributed by atoms with Gasteiger partial charge in [-0.2, -0.15) is 0 Å². The van der Waals surface area contributed by atoms with Crippen LogP contribution in [0.1, 0.15) is 31.0 Å². The summed E-state index contributed by atoms with van der Waals surface area (Å²) in [6.07, 6.45) is 11.9. The molecule has 2 heterocycles. The molecule has 17 heavy (non-hydrogen) atoms. The number of hydrogen-bond acceptors (Lipinski definition) is 3.